The first-order valence-electron chi connectivity index (χ1n) is 7.56. The lowest BCUT2D eigenvalue weighted by molar-refractivity contribution is -0.114. The fourth-order valence-electron chi connectivity index (χ4n) is 2.58. The number of para-hydroxylation sites is 1. The number of rotatable bonds is 4. The molecule has 3 aromatic rings. The molecule has 0 spiro atoms. The van der Waals surface area contributed by atoms with Gasteiger partial charge in [0.15, 0.2) is 11.5 Å². The number of nitrogens with zero attached hydrogens (tertiary/aromatic N) is 1. The lowest BCUT2D eigenvalue weighted by Gasteiger charge is -2.15. The Morgan fingerprint density at radius 3 is 2.48 bits per heavy atom. The number of benzene rings is 2. The molecule has 7 nitrogen and oxygen atoms in total. The average Bonchev–Trinajstić information content (AvgIpc) is 2.60. The van der Waals surface area contributed by atoms with Crippen molar-refractivity contribution in [3.8, 4) is 22.9 Å². The van der Waals surface area contributed by atoms with E-state index in [1.807, 2.05) is 6.07 Å². The number of fused-ring (bicyclic) bond motifs is 1. The summed E-state index contributed by atoms with van der Waals surface area (Å²) in [5, 5.41) is 3.22. The van der Waals surface area contributed by atoms with Crippen molar-refractivity contribution in [3.05, 3.63) is 46.8 Å². The number of aromatic amines is 1. The number of ether oxygens (including phenoxy) is 2. The predicted molar refractivity (Wildman–Crippen MR) is 95.2 cm³/mol. The van der Waals surface area contributed by atoms with E-state index < -0.39 is 0 Å². The van der Waals surface area contributed by atoms with E-state index in [-0.39, 0.29) is 11.5 Å². The molecular weight excluding hydrogens is 322 g/mol. The van der Waals surface area contributed by atoms with Crippen molar-refractivity contribution >= 4 is 22.5 Å². The molecule has 128 valence electrons. The number of H-pyrrole nitrogens is 1. The van der Waals surface area contributed by atoms with Gasteiger partial charge in [0.25, 0.3) is 5.56 Å². The van der Waals surface area contributed by atoms with Gasteiger partial charge in [0.05, 0.1) is 30.8 Å². The second-order valence-corrected chi connectivity index (χ2v) is 5.37. The molecule has 2 aromatic carbocycles. The highest BCUT2D eigenvalue weighted by Crippen LogP contribution is 2.37. The van der Waals surface area contributed by atoms with Crippen molar-refractivity contribution in [1.29, 1.82) is 0 Å². The van der Waals surface area contributed by atoms with Gasteiger partial charge in [0.2, 0.25) is 5.91 Å². The number of aromatic nitrogens is 2. The second kappa shape index (κ2) is 6.64. The average molecular weight is 339 g/mol. The molecule has 1 amide bonds. The summed E-state index contributed by atoms with van der Waals surface area (Å²) in [6, 6.07) is 10.3. The Balaban J connectivity index is 2.27. The zero-order valence-electron chi connectivity index (χ0n) is 14.0. The Hall–Kier alpha value is -3.35. The van der Waals surface area contributed by atoms with E-state index in [4.69, 9.17) is 9.47 Å². The van der Waals surface area contributed by atoms with Crippen LogP contribution in [-0.4, -0.2) is 30.1 Å². The van der Waals surface area contributed by atoms with Gasteiger partial charge >= 0.3 is 0 Å². The van der Waals surface area contributed by atoms with Gasteiger partial charge in [-0.05, 0) is 18.2 Å². The van der Waals surface area contributed by atoms with Crippen LogP contribution in [0.15, 0.2) is 41.2 Å². The number of anilines is 1. The van der Waals surface area contributed by atoms with Gasteiger partial charge in [-0.3, -0.25) is 9.59 Å². The topological polar surface area (TPSA) is 93.3 Å². The van der Waals surface area contributed by atoms with Crippen molar-refractivity contribution in [2.24, 2.45) is 0 Å². The first-order valence-corrected chi connectivity index (χ1v) is 7.56. The van der Waals surface area contributed by atoms with Crippen molar-refractivity contribution in [3.63, 3.8) is 0 Å². The van der Waals surface area contributed by atoms with Crippen molar-refractivity contribution < 1.29 is 14.3 Å². The number of hydrogen-bond acceptors (Lipinski definition) is 5. The standard InChI is InChI=1S/C18H17N3O4/c1-10(22)19-14-9-16(25-3)15(24-2)8-12(14)17-20-13-7-5-4-6-11(13)18(23)21-17/h4-9H,1-3H3,(H,19,22)(H,20,21,23). The highest BCUT2D eigenvalue weighted by atomic mass is 16.5. The molecule has 2 N–H and O–H groups in total. The summed E-state index contributed by atoms with van der Waals surface area (Å²) in [6.07, 6.45) is 0. The van der Waals surface area contributed by atoms with E-state index in [1.165, 1.54) is 21.1 Å². The Kier molecular flexibility index (Phi) is 4.38. The van der Waals surface area contributed by atoms with Gasteiger partial charge < -0.3 is 19.8 Å². The van der Waals surface area contributed by atoms with Crippen LogP contribution in [0, 0.1) is 0 Å². The molecule has 3 rings (SSSR count). The fraction of sp³-hybridized carbons (Fsp3) is 0.167. The Morgan fingerprint density at radius 2 is 1.80 bits per heavy atom. The quantitative estimate of drug-likeness (QED) is 0.762. The van der Waals surface area contributed by atoms with Gasteiger partial charge in [-0.2, -0.15) is 0 Å². The van der Waals surface area contributed by atoms with Gasteiger partial charge in [-0.15, -0.1) is 0 Å². The molecule has 0 fully saturated rings. The van der Waals surface area contributed by atoms with Crippen LogP contribution in [0.25, 0.3) is 22.3 Å². The maximum absolute atomic E-state index is 12.3. The van der Waals surface area contributed by atoms with Crippen LogP contribution >= 0.6 is 0 Å². The first kappa shape index (κ1) is 16.5. The largest absolute Gasteiger partial charge is 0.493 e. The molecule has 0 aliphatic heterocycles. The van der Waals surface area contributed by atoms with Crippen molar-refractivity contribution in [2.75, 3.05) is 19.5 Å². The molecule has 7 heteroatoms. The maximum atomic E-state index is 12.3. The molecule has 1 aromatic heterocycles. The molecule has 25 heavy (non-hydrogen) atoms. The third-order valence-corrected chi connectivity index (χ3v) is 3.70. The smallest absolute Gasteiger partial charge is 0.259 e. The zero-order valence-corrected chi connectivity index (χ0v) is 14.0. The lowest BCUT2D eigenvalue weighted by atomic mass is 10.1. The molecule has 0 aliphatic rings. The van der Waals surface area contributed by atoms with Crippen LogP contribution in [-0.2, 0) is 4.79 Å². The van der Waals surface area contributed by atoms with Crippen LogP contribution in [0.2, 0.25) is 0 Å². The second-order valence-electron chi connectivity index (χ2n) is 5.37. The molecule has 1 heterocycles. The van der Waals surface area contributed by atoms with E-state index in [0.29, 0.717) is 39.5 Å². The number of carbonyl (C=O) groups is 1. The summed E-state index contributed by atoms with van der Waals surface area (Å²) in [5.41, 5.74) is 1.29. The number of nitrogens with one attached hydrogen (secondary N) is 2. The Morgan fingerprint density at radius 1 is 1.12 bits per heavy atom. The molecular formula is C18H17N3O4. The van der Waals surface area contributed by atoms with Crippen LogP contribution in [0.1, 0.15) is 6.92 Å². The Bertz CT molecular complexity index is 1010. The summed E-state index contributed by atoms with van der Waals surface area (Å²) in [5.74, 6) is 0.991. The molecule has 0 bridgehead atoms. The predicted octanol–water partition coefficient (Wildman–Crippen LogP) is 2.57. The number of methoxy groups -OCH3 is 2. The molecule has 0 aliphatic carbocycles. The van der Waals surface area contributed by atoms with Gasteiger partial charge in [0.1, 0.15) is 5.82 Å². The molecule has 0 saturated heterocycles. The molecule has 0 radical (unpaired) electrons. The van der Waals surface area contributed by atoms with E-state index >= 15 is 0 Å². The van der Waals surface area contributed by atoms with Crippen LogP contribution in [0.5, 0.6) is 11.5 Å². The van der Waals surface area contributed by atoms with Crippen LogP contribution in [0.3, 0.4) is 0 Å². The first-order chi connectivity index (χ1) is 12.0. The summed E-state index contributed by atoms with van der Waals surface area (Å²) >= 11 is 0. The Labute approximate surface area is 143 Å². The maximum Gasteiger partial charge on any atom is 0.259 e. The minimum absolute atomic E-state index is 0.253. The van der Waals surface area contributed by atoms with Gasteiger partial charge in [-0.25, -0.2) is 4.98 Å². The number of amides is 1. The van der Waals surface area contributed by atoms with E-state index in [9.17, 15) is 9.59 Å². The third kappa shape index (κ3) is 3.16. The van der Waals surface area contributed by atoms with Gasteiger partial charge in [-0.1, -0.05) is 12.1 Å². The van der Waals surface area contributed by atoms with Gasteiger partial charge in [0, 0.05) is 18.6 Å². The monoisotopic (exact) mass is 339 g/mol. The lowest BCUT2D eigenvalue weighted by Crippen LogP contribution is -2.12. The summed E-state index contributed by atoms with van der Waals surface area (Å²) < 4.78 is 10.6. The number of carbonyl (C=O) groups excluding carboxylic acids is 1. The SMILES string of the molecule is COc1cc(NC(C)=O)c(-c2nc3ccccc3c(=O)[nH]2)cc1OC. The highest BCUT2D eigenvalue weighted by molar-refractivity contribution is 5.94. The minimum Gasteiger partial charge on any atom is -0.493 e. The summed E-state index contributed by atoms with van der Waals surface area (Å²) in [4.78, 5) is 31.2. The van der Waals surface area contributed by atoms with E-state index in [2.05, 4.69) is 15.3 Å². The number of hydrogen-bond donors (Lipinski definition) is 2. The highest BCUT2D eigenvalue weighted by Gasteiger charge is 2.16. The third-order valence-electron chi connectivity index (χ3n) is 3.70. The molecule has 0 unspecified atom stereocenters. The normalized spacial score (nSPS) is 10.5. The van der Waals surface area contributed by atoms with Crippen LogP contribution < -0.4 is 20.3 Å². The van der Waals surface area contributed by atoms with Crippen LogP contribution in [0.4, 0.5) is 5.69 Å². The summed E-state index contributed by atoms with van der Waals surface area (Å²) in [7, 11) is 3.02. The van der Waals surface area contributed by atoms with E-state index in [1.54, 1.807) is 30.3 Å². The molecule has 0 atom stereocenters. The van der Waals surface area contributed by atoms with Crippen molar-refractivity contribution in [1.82, 2.24) is 9.97 Å². The molecule has 0 saturated carbocycles. The minimum atomic E-state index is -0.260. The zero-order chi connectivity index (χ0) is 18.0. The summed E-state index contributed by atoms with van der Waals surface area (Å²) in [6.45, 7) is 1.40. The van der Waals surface area contributed by atoms with E-state index in [0.717, 1.165) is 0 Å². The fourth-order valence-corrected chi connectivity index (χ4v) is 2.58. The van der Waals surface area contributed by atoms with Crippen molar-refractivity contribution in [2.45, 2.75) is 6.92 Å².